The van der Waals surface area contributed by atoms with Crippen molar-refractivity contribution in [1.29, 1.82) is 0 Å². The van der Waals surface area contributed by atoms with Crippen LogP contribution >= 0.6 is 0 Å². The first-order valence-corrected chi connectivity index (χ1v) is 9.50. The minimum atomic E-state index is -0.853. The Hall–Kier alpha value is -2.81. The number of nitro benzene ring substituents is 1. The summed E-state index contributed by atoms with van der Waals surface area (Å²) in [6.45, 7) is 4.41. The van der Waals surface area contributed by atoms with Gasteiger partial charge in [0.15, 0.2) is 0 Å². The third-order valence-corrected chi connectivity index (χ3v) is 4.96. The van der Waals surface area contributed by atoms with Gasteiger partial charge in [0.1, 0.15) is 5.82 Å². The average molecular weight is 388 g/mol. The summed E-state index contributed by atoms with van der Waals surface area (Å²) in [5.41, 5.74) is -0.0419. The maximum absolute atomic E-state index is 13.8. The topological polar surface area (TPSA) is 87.4 Å². The molecule has 0 bridgehead atoms. The molecule has 0 saturated carbocycles. The van der Waals surface area contributed by atoms with E-state index >= 15 is 0 Å². The van der Waals surface area contributed by atoms with Gasteiger partial charge in [-0.1, -0.05) is 13.3 Å². The number of nitro groups is 1. The second-order valence-corrected chi connectivity index (χ2v) is 6.83. The highest BCUT2D eigenvalue weighted by Crippen LogP contribution is 2.30. The first kappa shape index (κ1) is 19.9. The first-order chi connectivity index (χ1) is 13.5. The summed E-state index contributed by atoms with van der Waals surface area (Å²) >= 11 is 0. The zero-order valence-corrected chi connectivity index (χ0v) is 16.1. The highest BCUT2D eigenvalue weighted by Gasteiger charge is 2.24. The van der Waals surface area contributed by atoms with Crippen molar-refractivity contribution in [3.05, 3.63) is 46.4 Å². The number of nitrogens with zero attached hydrogens (tertiary/aromatic N) is 5. The van der Waals surface area contributed by atoms with E-state index in [2.05, 4.69) is 22.1 Å². The molecule has 0 aliphatic carbocycles. The number of likely N-dealkylation sites (N-methyl/N-ethyl adjacent to an activating group) is 1. The smallest absolute Gasteiger partial charge is 0.306 e. The van der Waals surface area contributed by atoms with Gasteiger partial charge in [0.25, 0.3) is 0 Å². The Morgan fingerprint density at radius 2 is 2.25 bits per heavy atom. The van der Waals surface area contributed by atoms with Gasteiger partial charge in [0, 0.05) is 37.9 Å². The molecule has 0 spiro atoms. The summed E-state index contributed by atoms with van der Waals surface area (Å²) in [4.78, 5) is 23.5. The van der Waals surface area contributed by atoms with Crippen LogP contribution in [0.15, 0.2) is 30.5 Å². The number of halogens is 1. The van der Waals surface area contributed by atoms with Gasteiger partial charge in [-0.3, -0.25) is 10.1 Å². The fourth-order valence-electron chi connectivity index (χ4n) is 3.32. The molecule has 3 rings (SSSR count). The lowest BCUT2D eigenvalue weighted by Gasteiger charge is -2.24. The van der Waals surface area contributed by atoms with Crippen LogP contribution in [-0.2, 0) is 0 Å². The fraction of sp³-hybridized carbons (Fsp3) is 0.474. The van der Waals surface area contributed by atoms with Crippen molar-refractivity contribution in [3.8, 4) is 0 Å². The van der Waals surface area contributed by atoms with Crippen molar-refractivity contribution in [2.45, 2.75) is 32.2 Å². The van der Waals surface area contributed by atoms with Crippen molar-refractivity contribution in [3.63, 3.8) is 0 Å². The molecule has 0 unspecified atom stereocenters. The molecule has 1 atom stereocenters. The highest BCUT2D eigenvalue weighted by molar-refractivity contribution is 5.62. The average Bonchev–Trinajstić information content (AvgIpc) is 3.19. The Labute approximate surface area is 163 Å². The predicted molar refractivity (Wildman–Crippen MR) is 107 cm³/mol. The second kappa shape index (κ2) is 8.92. The number of hydrogen-bond donors (Lipinski definition) is 1. The molecule has 1 fully saturated rings. The van der Waals surface area contributed by atoms with E-state index in [0.717, 1.165) is 44.2 Å². The predicted octanol–water partition coefficient (Wildman–Crippen LogP) is 3.26. The molecule has 28 heavy (non-hydrogen) atoms. The lowest BCUT2D eigenvalue weighted by Crippen LogP contribution is -2.30. The summed E-state index contributed by atoms with van der Waals surface area (Å²) in [6.07, 6.45) is 4.53. The van der Waals surface area contributed by atoms with E-state index < -0.39 is 16.4 Å². The van der Waals surface area contributed by atoms with E-state index in [9.17, 15) is 14.5 Å². The van der Waals surface area contributed by atoms with E-state index in [4.69, 9.17) is 4.98 Å². The van der Waals surface area contributed by atoms with Gasteiger partial charge in [-0.15, -0.1) is 0 Å². The SMILES string of the molecule is CCCCN(c1ccc(F)c([N+](=O)[O-])c1)c1nccc(N2CC[C@H](NC)C2)n1. The summed E-state index contributed by atoms with van der Waals surface area (Å²) in [6, 6.07) is 6.18. The van der Waals surface area contributed by atoms with E-state index in [1.54, 1.807) is 6.20 Å². The third kappa shape index (κ3) is 4.36. The summed E-state index contributed by atoms with van der Waals surface area (Å²) in [5.74, 6) is 0.426. The molecule has 0 radical (unpaired) electrons. The van der Waals surface area contributed by atoms with Crippen LogP contribution in [0.1, 0.15) is 26.2 Å². The molecule has 8 nitrogen and oxygen atoms in total. The van der Waals surface area contributed by atoms with Crippen molar-refractivity contribution < 1.29 is 9.31 Å². The van der Waals surface area contributed by atoms with Crippen LogP contribution in [-0.4, -0.2) is 47.6 Å². The zero-order valence-electron chi connectivity index (χ0n) is 16.1. The van der Waals surface area contributed by atoms with Crippen molar-refractivity contribution in [2.24, 2.45) is 0 Å². The van der Waals surface area contributed by atoms with E-state index in [0.29, 0.717) is 24.2 Å². The lowest BCUT2D eigenvalue weighted by atomic mass is 10.2. The quantitative estimate of drug-likeness (QED) is 0.548. The standard InChI is InChI=1S/C19H25FN6O2/c1-3-4-10-25(15-5-6-16(20)17(12-15)26(27)28)19-22-9-7-18(23-19)24-11-8-14(13-24)21-2/h5-7,9,12,14,21H,3-4,8,10-11,13H2,1-2H3/t14-/m0/s1. The Morgan fingerprint density at radius 3 is 2.93 bits per heavy atom. The molecule has 150 valence electrons. The van der Waals surface area contributed by atoms with Crippen molar-refractivity contribution >= 4 is 23.1 Å². The number of aromatic nitrogens is 2. The molecular formula is C19H25FN6O2. The summed E-state index contributed by atoms with van der Waals surface area (Å²) < 4.78 is 13.8. The Kier molecular flexibility index (Phi) is 6.35. The minimum Gasteiger partial charge on any atom is -0.355 e. The summed E-state index contributed by atoms with van der Waals surface area (Å²) in [5, 5.41) is 14.4. The molecule has 2 heterocycles. The lowest BCUT2D eigenvalue weighted by molar-refractivity contribution is -0.387. The molecule has 1 aromatic carbocycles. The van der Waals surface area contributed by atoms with Gasteiger partial charge in [-0.25, -0.2) is 4.98 Å². The van der Waals surface area contributed by atoms with E-state index in [1.807, 2.05) is 18.0 Å². The Bertz CT molecular complexity index is 834. The molecule has 1 aliphatic heterocycles. The van der Waals surface area contributed by atoms with E-state index in [-0.39, 0.29) is 0 Å². The number of rotatable bonds is 8. The third-order valence-electron chi connectivity index (χ3n) is 4.96. The fourth-order valence-corrected chi connectivity index (χ4v) is 3.32. The van der Waals surface area contributed by atoms with Gasteiger partial charge in [0.05, 0.1) is 10.6 Å². The van der Waals surface area contributed by atoms with Crippen LogP contribution in [0.2, 0.25) is 0 Å². The van der Waals surface area contributed by atoms with Crippen LogP contribution < -0.4 is 15.1 Å². The molecule has 1 aromatic heterocycles. The number of unbranched alkanes of at least 4 members (excludes halogenated alkanes) is 1. The van der Waals surface area contributed by atoms with Crippen molar-refractivity contribution in [1.82, 2.24) is 15.3 Å². The normalized spacial score (nSPS) is 16.4. The minimum absolute atomic E-state index is 0.425. The largest absolute Gasteiger partial charge is 0.355 e. The van der Waals surface area contributed by atoms with Crippen LogP contribution in [0.25, 0.3) is 0 Å². The van der Waals surface area contributed by atoms with E-state index in [1.165, 1.54) is 12.1 Å². The van der Waals surface area contributed by atoms with Crippen LogP contribution in [0, 0.1) is 15.9 Å². The molecule has 0 amide bonds. The molecule has 1 aliphatic rings. The number of nitrogens with one attached hydrogen (secondary N) is 1. The monoisotopic (exact) mass is 388 g/mol. The number of anilines is 3. The van der Waals surface area contributed by atoms with Gasteiger partial charge in [0.2, 0.25) is 11.8 Å². The molecule has 1 saturated heterocycles. The summed E-state index contributed by atoms with van der Waals surface area (Å²) in [7, 11) is 1.95. The Morgan fingerprint density at radius 1 is 1.43 bits per heavy atom. The first-order valence-electron chi connectivity index (χ1n) is 9.50. The van der Waals surface area contributed by atoms with Crippen LogP contribution in [0.5, 0.6) is 0 Å². The number of benzene rings is 1. The van der Waals surface area contributed by atoms with Gasteiger partial charge >= 0.3 is 5.69 Å². The van der Waals surface area contributed by atoms with Crippen LogP contribution in [0.4, 0.5) is 27.5 Å². The second-order valence-electron chi connectivity index (χ2n) is 6.83. The molecule has 2 aromatic rings. The molecule has 9 heteroatoms. The van der Waals surface area contributed by atoms with Gasteiger partial charge < -0.3 is 15.1 Å². The highest BCUT2D eigenvalue weighted by atomic mass is 19.1. The molecular weight excluding hydrogens is 363 g/mol. The van der Waals surface area contributed by atoms with Crippen molar-refractivity contribution in [2.75, 3.05) is 36.5 Å². The molecule has 1 N–H and O–H groups in total. The maximum Gasteiger partial charge on any atom is 0.306 e. The number of hydrogen-bond acceptors (Lipinski definition) is 7. The maximum atomic E-state index is 13.8. The van der Waals surface area contributed by atoms with Crippen LogP contribution in [0.3, 0.4) is 0 Å². The Balaban J connectivity index is 1.93. The zero-order chi connectivity index (χ0) is 20.1. The van der Waals surface area contributed by atoms with Gasteiger partial charge in [-0.05, 0) is 38.1 Å². The van der Waals surface area contributed by atoms with Gasteiger partial charge in [-0.2, -0.15) is 9.37 Å².